The van der Waals surface area contributed by atoms with Crippen molar-refractivity contribution >= 4 is 10.1 Å². The highest BCUT2D eigenvalue weighted by Crippen LogP contribution is 2.11. The zero-order valence-electron chi connectivity index (χ0n) is 6.81. The zero-order chi connectivity index (χ0) is 9.19. The van der Waals surface area contributed by atoms with Crippen molar-refractivity contribution in [2.75, 3.05) is 6.26 Å². The molecule has 0 spiro atoms. The standard InChI is InChI=1S/C7H9NO3S/c1-6-5-7(3-4-8-6)11-12(2,9)10/h3-5H,1-2H3. The van der Waals surface area contributed by atoms with Gasteiger partial charge in [0.05, 0.1) is 6.26 Å². The molecule has 0 atom stereocenters. The maximum atomic E-state index is 10.7. The van der Waals surface area contributed by atoms with E-state index in [1.807, 2.05) is 0 Å². The Morgan fingerprint density at radius 2 is 2.17 bits per heavy atom. The van der Waals surface area contributed by atoms with Crippen molar-refractivity contribution < 1.29 is 12.6 Å². The Morgan fingerprint density at radius 3 is 2.67 bits per heavy atom. The third kappa shape index (κ3) is 2.87. The fourth-order valence-electron chi connectivity index (χ4n) is 0.746. The first-order valence-corrected chi connectivity index (χ1v) is 5.11. The molecule has 0 aliphatic rings. The SMILES string of the molecule is Cc1cc(OS(C)(=O)=O)ccn1. The summed E-state index contributed by atoms with van der Waals surface area (Å²) < 4.78 is 26.0. The van der Waals surface area contributed by atoms with Crippen molar-refractivity contribution in [3.8, 4) is 5.75 Å². The fourth-order valence-corrected chi connectivity index (χ4v) is 1.20. The van der Waals surface area contributed by atoms with Crippen LogP contribution in [0, 0.1) is 6.92 Å². The Hall–Kier alpha value is -1.10. The van der Waals surface area contributed by atoms with Crippen molar-refractivity contribution in [1.29, 1.82) is 0 Å². The van der Waals surface area contributed by atoms with Crippen LogP contribution in [0.1, 0.15) is 5.69 Å². The normalized spacial score (nSPS) is 11.2. The minimum absolute atomic E-state index is 0.296. The van der Waals surface area contributed by atoms with Crippen LogP contribution < -0.4 is 4.18 Å². The number of aromatic nitrogens is 1. The Kier molecular flexibility index (Phi) is 2.32. The van der Waals surface area contributed by atoms with Crippen LogP contribution in [0.3, 0.4) is 0 Å². The number of hydrogen-bond acceptors (Lipinski definition) is 4. The zero-order valence-corrected chi connectivity index (χ0v) is 7.63. The second-order valence-electron chi connectivity index (χ2n) is 2.42. The second-order valence-corrected chi connectivity index (χ2v) is 4.00. The molecule has 1 aromatic rings. The number of pyridine rings is 1. The average Bonchev–Trinajstić information content (AvgIpc) is 1.82. The smallest absolute Gasteiger partial charge is 0.306 e. The molecule has 66 valence electrons. The van der Waals surface area contributed by atoms with Crippen LogP contribution in [-0.2, 0) is 10.1 Å². The van der Waals surface area contributed by atoms with Crippen molar-refractivity contribution in [2.24, 2.45) is 0 Å². The Balaban J connectivity index is 2.91. The molecule has 5 heteroatoms. The predicted octanol–water partition coefficient (Wildman–Crippen LogP) is 0.728. The van der Waals surface area contributed by atoms with Crippen LogP contribution in [0.2, 0.25) is 0 Å². The molecular weight excluding hydrogens is 178 g/mol. The van der Waals surface area contributed by atoms with E-state index in [1.54, 1.807) is 13.0 Å². The van der Waals surface area contributed by atoms with E-state index in [2.05, 4.69) is 9.17 Å². The molecule has 0 saturated heterocycles. The lowest BCUT2D eigenvalue weighted by molar-refractivity contribution is 0.492. The van der Waals surface area contributed by atoms with Crippen molar-refractivity contribution in [3.05, 3.63) is 24.0 Å². The molecule has 0 amide bonds. The molecule has 0 unspecified atom stereocenters. The first kappa shape index (κ1) is 8.99. The van der Waals surface area contributed by atoms with Gasteiger partial charge in [0.2, 0.25) is 0 Å². The molecule has 0 N–H and O–H groups in total. The molecule has 0 fully saturated rings. The van der Waals surface area contributed by atoms with E-state index >= 15 is 0 Å². The third-order valence-electron chi connectivity index (χ3n) is 1.12. The first-order chi connectivity index (χ1) is 5.47. The van der Waals surface area contributed by atoms with Crippen LogP contribution in [0.5, 0.6) is 5.75 Å². The quantitative estimate of drug-likeness (QED) is 0.640. The monoisotopic (exact) mass is 187 g/mol. The maximum absolute atomic E-state index is 10.7. The molecule has 0 aliphatic heterocycles. The lowest BCUT2D eigenvalue weighted by Crippen LogP contribution is -2.05. The first-order valence-electron chi connectivity index (χ1n) is 3.29. The Bertz CT molecular complexity index is 372. The van der Waals surface area contributed by atoms with Gasteiger partial charge in [-0.05, 0) is 6.92 Å². The number of nitrogens with zero attached hydrogens (tertiary/aromatic N) is 1. The largest absolute Gasteiger partial charge is 0.382 e. The summed E-state index contributed by atoms with van der Waals surface area (Å²) in [6, 6.07) is 3.05. The van der Waals surface area contributed by atoms with Gasteiger partial charge >= 0.3 is 10.1 Å². The highest BCUT2D eigenvalue weighted by atomic mass is 32.2. The molecule has 0 radical (unpaired) electrons. The van der Waals surface area contributed by atoms with Gasteiger partial charge in [-0.2, -0.15) is 8.42 Å². The minimum Gasteiger partial charge on any atom is -0.382 e. The fraction of sp³-hybridized carbons (Fsp3) is 0.286. The lowest BCUT2D eigenvalue weighted by atomic mass is 10.4. The highest BCUT2D eigenvalue weighted by molar-refractivity contribution is 7.86. The van der Waals surface area contributed by atoms with Crippen molar-refractivity contribution in [1.82, 2.24) is 4.98 Å². The molecule has 1 rings (SSSR count). The van der Waals surface area contributed by atoms with Gasteiger partial charge in [0.15, 0.2) is 0 Å². The van der Waals surface area contributed by atoms with E-state index in [9.17, 15) is 8.42 Å². The van der Waals surface area contributed by atoms with Gasteiger partial charge < -0.3 is 4.18 Å². The number of hydrogen-bond donors (Lipinski definition) is 0. The van der Waals surface area contributed by atoms with Gasteiger partial charge in [0.25, 0.3) is 0 Å². The summed E-state index contributed by atoms with van der Waals surface area (Å²) in [5.41, 5.74) is 0.719. The molecule has 12 heavy (non-hydrogen) atoms. The van der Waals surface area contributed by atoms with Gasteiger partial charge in [-0.15, -0.1) is 0 Å². The van der Waals surface area contributed by atoms with Gasteiger partial charge in [-0.25, -0.2) is 0 Å². The summed E-state index contributed by atoms with van der Waals surface area (Å²) in [5.74, 6) is 0.296. The molecule has 0 saturated carbocycles. The summed E-state index contributed by atoms with van der Waals surface area (Å²) in [4.78, 5) is 3.90. The van der Waals surface area contributed by atoms with Gasteiger partial charge in [0.1, 0.15) is 5.75 Å². The Morgan fingerprint density at radius 1 is 1.50 bits per heavy atom. The second kappa shape index (κ2) is 3.10. The van der Waals surface area contributed by atoms with Gasteiger partial charge in [-0.3, -0.25) is 4.98 Å². The molecule has 1 aromatic heterocycles. The topological polar surface area (TPSA) is 56.3 Å². The molecule has 0 aliphatic carbocycles. The lowest BCUT2D eigenvalue weighted by Gasteiger charge is -2.01. The van der Waals surface area contributed by atoms with E-state index in [0.717, 1.165) is 11.9 Å². The number of aryl methyl sites for hydroxylation is 1. The summed E-state index contributed by atoms with van der Waals surface area (Å²) in [6.07, 6.45) is 2.50. The molecule has 0 bridgehead atoms. The average molecular weight is 187 g/mol. The van der Waals surface area contributed by atoms with Crippen molar-refractivity contribution in [3.63, 3.8) is 0 Å². The summed E-state index contributed by atoms with van der Waals surface area (Å²) in [5, 5.41) is 0. The highest BCUT2D eigenvalue weighted by Gasteiger charge is 2.03. The van der Waals surface area contributed by atoms with E-state index < -0.39 is 10.1 Å². The maximum Gasteiger partial charge on any atom is 0.306 e. The minimum atomic E-state index is -3.42. The van der Waals surface area contributed by atoms with E-state index in [4.69, 9.17) is 0 Å². The predicted molar refractivity (Wildman–Crippen MR) is 44.4 cm³/mol. The molecule has 1 heterocycles. The van der Waals surface area contributed by atoms with Crippen LogP contribution in [-0.4, -0.2) is 19.7 Å². The Labute approximate surface area is 71.3 Å². The summed E-state index contributed by atoms with van der Waals surface area (Å²) in [6.45, 7) is 1.76. The van der Waals surface area contributed by atoms with Gasteiger partial charge in [0, 0.05) is 24.0 Å². The van der Waals surface area contributed by atoms with Crippen LogP contribution >= 0.6 is 0 Å². The van der Waals surface area contributed by atoms with Crippen molar-refractivity contribution in [2.45, 2.75) is 6.92 Å². The summed E-state index contributed by atoms with van der Waals surface area (Å²) in [7, 11) is -3.42. The van der Waals surface area contributed by atoms with Crippen LogP contribution in [0.4, 0.5) is 0 Å². The van der Waals surface area contributed by atoms with Crippen LogP contribution in [0.25, 0.3) is 0 Å². The van der Waals surface area contributed by atoms with Gasteiger partial charge in [-0.1, -0.05) is 0 Å². The molecule has 4 nitrogen and oxygen atoms in total. The molecular formula is C7H9NO3S. The summed E-state index contributed by atoms with van der Waals surface area (Å²) >= 11 is 0. The van der Waals surface area contributed by atoms with E-state index in [-0.39, 0.29) is 0 Å². The van der Waals surface area contributed by atoms with Crippen LogP contribution in [0.15, 0.2) is 18.3 Å². The number of rotatable bonds is 2. The van der Waals surface area contributed by atoms with E-state index in [1.165, 1.54) is 12.3 Å². The van der Waals surface area contributed by atoms with E-state index in [0.29, 0.717) is 5.75 Å². The molecule has 0 aromatic carbocycles. The third-order valence-corrected chi connectivity index (χ3v) is 1.61.